The van der Waals surface area contributed by atoms with Crippen molar-refractivity contribution in [2.45, 2.75) is 29.2 Å². The van der Waals surface area contributed by atoms with Crippen molar-refractivity contribution in [1.82, 2.24) is 4.98 Å². The van der Waals surface area contributed by atoms with Crippen LogP contribution in [0.3, 0.4) is 0 Å². The Morgan fingerprint density at radius 1 is 0.911 bits per heavy atom. The minimum absolute atomic E-state index is 0.0114. The fourth-order valence-electron chi connectivity index (χ4n) is 8.16. The molecule has 7 atom stereocenters. The van der Waals surface area contributed by atoms with Crippen molar-refractivity contribution in [3.63, 3.8) is 0 Å². The molecule has 2 aliphatic heterocycles. The number of carbonyl (C=O) groups excluding carboxylic acids is 2. The molecular formula is C34H29ClN2O6S2. The Balaban J connectivity index is 1.14. The van der Waals surface area contributed by atoms with Crippen LogP contribution in [0.2, 0.25) is 5.02 Å². The van der Waals surface area contributed by atoms with Crippen LogP contribution in [0, 0.1) is 29.6 Å². The fourth-order valence-corrected chi connectivity index (χ4v) is 11.3. The summed E-state index contributed by atoms with van der Waals surface area (Å²) in [7, 11) is 3.20. The molecule has 1 N–H and O–H groups in total. The maximum Gasteiger partial charge on any atom is 0.305 e. The second kappa shape index (κ2) is 11.0. The third-order valence-corrected chi connectivity index (χ3v) is 12.7. The summed E-state index contributed by atoms with van der Waals surface area (Å²) in [6, 6.07) is 20.6. The van der Waals surface area contributed by atoms with E-state index in [-0.39, 0.29) is 57.4 Å². The third-order valence-electron chi connectivity index (χ3n) is 9.88. The number of imide groups is 1. The van der Waals surface area contributed by atoms with Gasteiger partial charge in [-0.1, -0.05) is 41.1 Å². The number of methoxy groups -OCH3 is 2. The molecule has 8 nitrogen and oxygen atoms in total. The Kier molecular flexibility index (Phi) is 7.00. The summed E-state index contributed by atoms with van der Waals surface area (Å²) in [5.41, 5.74) is 2.52. The fraction of sp³-hybridized carbons (Fsp3) is 0.324. The molecule has 2 aliphatic carbocycles. The van der Waals surface area contributed by atoms with Gasteiger partial charge in [-0.15, -0.1) is 11.8 Å². The molecule has 0 spiro atoms. The number of thioether (sulfide) groups is 1. The quantitative estimate of drug-likeness (QED) is 0.230. The number of rotatable bonds is 7. The van der Waals surface area contributed by atoms with Crippen molar-refractivity contribution in [3.8, 4) is 17.2 Å². The lowest BCUT2D eigenvalue weighted by molar-refractivity contribution is -0.123. The molecule has 2 amide bonds. The number of fused-ring (bicyclic) bond motifs is 9. The van der Waals surface area contributed by atoms with Gasteiger partial charge in [0.25, 0.3) is 0 Å². The van der Waals surface area contributed by atoms with Crippen LogP contribution in [0.15, 0.2) is 76.6 Å². The van der Waals surface area contributed by atoms with E-state index in [9.17, 15) is 14.4 Å². The Morgan fingerprint density at radius 2 is 1.69 bits per heavy atom. The Bertz CT molecular complexity index is 1890. The number of halogens is 1. The van der Waals surface area contributed by atoms with Gasteiger partial charge in [-0.2, -0.15) is 0 Å². The number of ether oxygens (including phenoxy) is 3. The predicted molar refractivity (Wildman–Crippen MR) is 173 cm³/mol. The number of anilines is 1. The second-order valence-corrected chi connectivity index (χ2v) is 14.6. The summed E-state index contributed by atoms with van der Waals surface area (Å²) in [5.74, 6) is 0.878. The minimum atomic E-state index is -0.381. The van der Waals surface area contributed by atoms with E-state index in [0.29, 0.717) is 34.6 Å². The molecule has 1 aromatic heterocycles. The zero-order chi connectivity index (χ0) is 31.0. The molecule has 2 saturated carbocycles. The van der Waals surface area contributed by atoms with E-state index in [1.54, 1.807) is 50.2 Å². The maximum atomic E-state index is 14.0. The highest BCUT2D eigenvalue weighted by atomic mass is 35.5. The smallest absolute Gasteiger partial charge is 0.305 e. The van der Waals surface area contributed by atoms with Gasteiger partial charge in [-0.25, -0.2) is 0 Å². The molecule has 3 fully saturated rings. The van der Waals surface area contributed by atoms with Gasteiger partial charge < -0.3 is 19.2 Å². The monoisotopic (exact) mass is 660 g/mol. The van der Waals surface area contributed by atoms with Crippen LogP contribution >= 0.6 is 34.7 Å². The second-order valence-electron chi connectivity index (χ2n) is 12.0. The van der Waals surface area contributed by atoms with Gasteiger partial charge in [0.05, 0.1) is 36.8 Å². The van der Waals surface area contributed by atoms with Crippen molar-refractivity contribution in [3.05, 3.63) is 97.4 Å². The van der Waals surface area contributed by atoms with Crippen molar-refractivity contribution < 1.29 is 23.8 Å². The van der Waals surface area contributed by atoms with Gasteiger partial charge in [0.15, 0.2) is 11.5 Å². The molecule has 8 rings (SSSR count). The van der Waals surface area contributed by atoms with E-state index in [1.165, 1.54) is 16.2 Å². The van der Waals surface area contributed by atoms with E-state index in [2.05, 4.69) is 4.98 Å². The van der Waals surface area contributed by atoms with Crippen molar-refractivity contribution >= 4 is 52.2 Å². The lowest BCUT2D eigenvalue weighted by Gasteiger charge is -2.43. The summed E-state index contributed by atoms with van der Waals surface area (Å²) in [5, 5.41) is 1.60. The molecule has 230 valence electrons. The van der Waals surface area contributed by atoms with Gasteiger partial charge in [0, 0.05) is 21.1 Å². The number of carbonyl (C=O) groups is 2. The van der Waals surface area contributed by atoms with E-state index in [0.717, 1.165) is 27.5 Å². The van der Waals surface area contributed by atoms with Crippen LogP contribution in [0.4, 0.5) is 5.69 Å². The number of amides is 2. The summed E-state index contributed by atoms with van der Waals surface area (Å²) in [6.07, 6.45) is 0.819. The van der Waals surface area contributed by atoms with Crippen LogP contribution in [0.25, 0.3) is 0 Å². The highest BCUT2D eigenvalue weighted by Gasteiger charge is 2.69. The van der Waals surface area contributed by atoms with Crippen molar-refractivity contribution in [1.29, 1.82) is 0 Å². The number of benzene rings is 3. The first kappa shape index (κ1) is 28.7. The molecule has 1 saturated heterocycles. The average Bonchev–Trinajstić information content (AvgIpc) is 3.79. The standard InChI is InChI=1S/C34H29ClN2O6S2/c1-41-20-9-7-19(8-10-20)37-32(38)27-21-14-22(28(27)33(37)39)29-26(21)25(30-31(44-29)36-34(40)45-30)17-6-11-23(24(13-17)42-2)43-15-16-4-3-5-18(35)12-16/h3-13,21-22,25-29H,14-15H2,1-2H3,(H,36,40)/t21-,22-,25+,26+,27+,28+,29-/m1/s1. The minimum Gasteiger partial charge on any atom is -0.497 e. The van der Waals surface area contributed by atoms with Gasteiger partial charge >= 0.3 is 4.87 Å². The van der Waals surface area contributed by atoms with Crippen LogP contribution < -0.4 is 24.0 Å². The summed E-state index contributed by atoms with van der Waals surface area (Å²) in [4.78, 5) is 45.9. The molecule has 11 heteroatoms. The van der Waals surface area contributed by atoms with E-state index in [1.807, 2.05) is 42.5 Å². The first-order valence-electron chi connectivity index (χ1n) is 14.8. The molecule has 0 radical (unpaired) electrons. The number of hydrogen-bond donors (Lipinski definition) is 1. The molecule has 4 aromatic rings. The predicted octanol–water partition coefficient (Wildman–Crippen LogP) is 6.36. The Labute approximate surface area is 272 Å². The SMILES string of the molecule is COc1ccc(N2C(=O)[C@H]3[C@H]4C[C@@H]([C@@H]3C2=O)[C@H]2[C@H](c3ccc(OCc5cccc(Cl)c5)c(OC)c3)c3sc(=O)[nH]c3S[C@H]42)cc1. The van der Waals surface area contributed by atoms with E-state index < -0.39 is 0 Å². The number of thiazole rings is 1. The number of hydrogen-bond acceptors (Lipinski definition) is 8. The molecule has 4 aliphatic rings. The zero-order valence-electron chi connectivity index (χ0n) is 24.4. The Morgan fingerprint density at radius 3 is 2.42 bits per heavy atom. The number of nitrogens with one attached hydrogen (secondary N) is 1. The van der Waals surface area contributed by atoms with Gasteiger partial charge in [-0.3, -0.25) is 19.3 Å². The van der Waals surface area contributed by atoms with Crippen molar-refractivity contribution in [2.24, 2.45) is 29.6 Å². The molecule has 0 unspecified atom stereocenters. The number of aromatic amines is 1. The average molecular weight is 661 g/mol. The zero-order valence-corrected chi connectivity index (χ0v) is 26.8. The lowest BCUT2D eigenvalue weighted by Crippen LogP contribution is -2.42. The van der Waals surface area contributed by atoms with Gasteiger partial charge in [0.2, 0.25) is 11.8 Å². The van der Waals surface area contributed by atoms with E-state index in [4.69, 9.17) is 25.8 Å². The topological polar surface area (TPSA) is 97.9 Å². The third kappa shape index (κ3) is 4.52. The molecule has 45 heavy (non-hydrogen) atoms. The van der Waals surface area contributed by atoms with Crippen LogP contribution in [-0.4, -0.2) is 36.3 Å². The molecule has 2 bridgehead atoms. The summed E-state index contributed by atoms with van der Waals surface area (Å²) in [6.45, 7) is 0.332. The van der Waals surface area contributed by atoms with Gasteiger partial charge in [-0.05, 0) is 83.8 Å². The van der Waals surface area contributed by atoms with Gasteiger partial charge in [0.1, 0.15) is 12.4 Å². The summed E-state index contributed by atoms with van der Waals surface area (Å²) >= 11 is 9.06. The first-order chi connectivity index (χ1) is 21.9. The van der Waals surface area contributed by atoms with Crippen LogP contribution in [0.5, 0.6) is 17.2 Å². The van der Waals surface area contributed by atoms with E-state index >= 15 is 0 Å². The summed E-state index contributed by atoms with van der Waals surface area (Å²) < 4.78 is 17.2. The van der Waals surface area contributed by atoms with Crippen LogP contribution in [0.1, 0.15) is 28.3 Å². The molecule has 3 aromatic carbocycles. The maximum absolute atomic E-state index is 14.0. The number of H-pyrrole nitrogens is 1. The Hall–Kier alpha value is -3.73. The first-order valence-corrected chi connectivity index (χ1v) is 16.9. The molecule has 3 heterocycles. The van der Waals surface area contributed by atoms with Crippen molar-refractivity contribution in [2.75, 3.05) is 19.1 Å². The number of aromatic nitrogens is 1. The normalized spacial score (nSPS) is 27.7. The van der Waals surface area contributed by atoms with Crippen LogP contribution in [-0.2, 0) is 16.2 Å². The number of nitrogens with zero attached hydrogens (tertiary/aromatic N) is 1. The lowest BCUT2D eigenvalue weighted by atomic mass is 9.68. The highest BCUT2D eigenvalue weighted by molar-refractivity contribution is 8.00. The highest BCUT2D eigenvalue weighted by Crippen LogP contribution is 2.68. The molecular weight excluding hydrogens is 632 g/mol. The largest absolute Gasteiger partial charge is 0.497 e.